The van der Waals surface area contributed by atoms with E-state index in [1.165, 1.54) is 6.07 Å². The van der Waals surface area contributed by atoms with Crippen LogP contribution in [-0.4, -0.2) is 43.7 Å². The molecule has 0 spiro atoms. The molecule has 1 fully saturated rings. The van der Waals surface area contributed by atoms with Gasteiger partial charge in [0.15, 0.2) is 0 Å². The Morgan fingerprint density at radius 2 is 2.10 bits per heavy atom. The molecule has 1 N–H and O–H groups in total. The Bertz CT molecular complexity index is 515. The van der Waals surface area contributed by atoms with Crippen LogP contribution in [0.3, 0.4) is 0 Å². The largest absolute Gasteiger partial charge is 0.464 e. The molecule has 5 heteroatoms. The van der Waals surface area contributed by atoms with Crippen molar-refractivity contribution in [3.63, 3.8) is 0 Å². The van der Waals surface area contributed by atoms with Crippen molar-refractivity contribution < 1.29 is 13.9 Å². The first-order chi connectivity index (χ1) is 10.00. The predicted octanol–water partition coefficient (Wildman–Crippen LogP) is 1.82. The van der Waals surface area contributed by atoms with E-state index >= 15 is 0 Å². The smallest absolute Gasteiger partial charge is 0.330 e. The number of ether oxygens (including phenoxy) is 1. The number of piperazine rings is 1. The minimum Gasteiger partial charge on any atom is -0.464 e. The van der Waals surface area contributed by atoms with Crippen molar-refractivity contribution in [2.75, 3.05) is 32.8 Å². The Morgan fingerprint density at radius 3 is 2.67 bits per heavy atom. The molecule has 1 aliphatic heterocycles. The highest BCUT2D eigenvalue weighted by molar-refractivity contribution is 5.82. The van der Waals surface area contributed by atoms with Gasteiger partial charge in [-0.2, -0.15) is 0 Å². The van der Waals surface area contributed by atoms with Crippen molar-refractivity contribution in [2.45, 2.75) is 26.3 Å². The number of carbonyl (C=O) groups excluding carboxylic acids is 1. The van der Waals surface area contributed by atoms with E-state index < -0.39 is 5.54 Å². The molecule has 2 rings (SSSR count). The second-order valence-corrected chi connectivity index (χ2v) is 5.49. The third-order valence-electron chi connectivity index (χ3n) is 4.16. The van der Waals surface area contributed by atoms with E-state index in [9.17, 15) is 9.18 Å². The van der Waals surface area contributed by atoms with Crippen molar-refractivity contribution >= 4 is 5.97 Å². The summed E-state index contributed by atoms with van der Waals surface area (Å²) in [6, 6.07) is 4.98. The summed E-state index contributed by atoms with van der Waals surface area (Å²) in [5.74, 6) is -0.617. The maximum atomic E-state index is 13.9. The van der Waals surface area contributed by atoms with Gasteiger partial charge in [-0.05, 0) is 38.0 Å². The van der Waals surface area contributed by atoms with E-state index in [1.807, 2.05) is 13.0 Å². The molecule has 1 aromatic carbocycles. The second kappa shape index (κ2) is 6.54. The fourth-order valence-electron chi connectivity index (χ4n) is 2.71. The minimum absolute atomic E-state index is 0.293. The molecule has 4 nitrogen and oxygen atoms in total. The van der Waals surface area contributed by atoms with Crippen LogP contribution < -0.4 is 5.32 Å². The van der Waals surface area contributed by atoms with Gasteiger partial charge in [0.25, 0.3) is 0 Å². The number of aryl methyl sites for hydroxylation is 1. The number of benzene rings is 1. The van der Waals surface area contributed by atoms with Crippen LogP contribution >= 0.6 is 0 Å². The Morgan fingerprint density at radius 1 is 1.43 bits per heavy atom. The summed E-state index contributed by atoms with van der Waals surface area (Å²) in [4.78, 5) is 14.6. The topological polar surface area (TPSA) is 41.6 Å². The maximum absolute atomic E-state index is 13.9. The van der Waals surface area contributed by atoms with Crippen molar-refractivity contribution in [2.24, 2.45) is 0 Å². The van der Waals surface area contributed by atoms with E-state index in [-0.39, 0.29) is 11.8 Å². The zero-order valence-electron chi connectivity index (χ0n) is 12.9. The highest BCUT2D eigenvalue weighted by Gasteiger charge is 2.43. The van der Waals surface area contributed by atoms with Crippen molar-refractivity contribution in [3.05, 3.63) is 35.1 Å². The van der Waals surface area contributed by atoms with Crippen LogP contribution in [0, 0.1) is 12.7 Å². The fourth-order valence-corrected chi connectivity index (χ4v) is 2.71. The first-order valence-corrected chi connectivity index (χ1v) is 7.39. The Hall–Kier alpha value is -1.46. The van der Waals surface area contributed by atoms with E-state index in [4.69, 9.17) is 4.74 Å². The van der Waals surface area contributed by atoms with Crippen molar-refractivity contribution in [1.82, 2.24) is 10.2 Å². The molecule has 0 aromatic heterocycles. The molecule has 1 aliphatic rings. The van der Waals surface area contributed by atoms with Gasteiger partial charge in [0.1, 0.15) is 11.4 Å². The third kappa shape index (κ3) is 3.09. The molecule has 0 bridgehead atoms. The molecular weight excluding hydrogens is 271 g/mol. The van der Waals surface area contributed by atoms with E-state index in [0.717, 1.165) is 26.2 Å². The first kappa shape index (κ1) is 15.9. The highest BCUT2D eigenvalue weighted by atomic mass is 19.1. The average molecular weight is 294 g/mol. The summed E-state index contributed by atoms with van der Waals surface area (Å²) in [6.07, 6.45) is 0. The molecule has 1 heterocycles. The van der Waals surface area contributed by atoms with Gasteiger partial charge in [-0.3, -0.25) is 4.90 Å². The average Bonchev–Trinajstić information content (AvgIpc) is 2.50. The lowest BCUT2D eigenvalue weighted by atomic mass is 9.88. The summed E-state index contributed by atoms with van der Waals surface area (Å²) in [5, 5.41) is 3.26. The monoisotopic (exact) mass is 294 g/mol. The van der Waals surface area contributed by atoms with E-state index in [2.05, 4.69) is 10.2 Å². The molecule has 116 valence electrons. The second-order valence-electron chi connectivity index (χ2n) is 5.49. The molecule has 0 radical (unpaired) electrons. The molecular formula is C16H23FN2O2. The predicted molar refractivity (Wildman–Crippen MR) is 79.6 cm³/mol. The summed E-state index contributed by atoms with van der Waals surface area (Å²) in [5.41, 5.74) is 0.267. The van der Waals surface area contributed by atoms with Gasteiger partial charge in [0.2, 0.25) is 0 Å². The SMILES string of the molecule is CCOC(=O)C(C)(c1ccc(C)c(F)c1)N1CCNCC1. The van der Waals surface area contributed by atoms with E-state index in [0.29, 0.717) is 17.7 Å². The Balaban J connectivity index is 2.43. The van der Waals surface area contributed by atoms with Crippen LogP contribution in [0.2, 0.25) is 0 Å². The normalized spacial score (nSPS) is 19.0. The van der Waals surface area contributed by atoms with Crippen LogP contribution in [-0.2, 0) is 15.1 Å². The van der Waals surface area contributed by atoms with Crippen LogP contribution in [0.5, 0.6) is 0 Å². The quantitative estimate of drug-likeness (QED) is 0.860. The molecule has 1 aromatic rings. The summed E-state index contributed by atoms with van der Waals surface area (Å²) < 4.78 is 19.2. The Kier molecular flexibility index (Phi) is 4.96. The number of nitrogens with one attached hydrogen (secondary N) is 1. The molecule has 1 atom stereocenters. The lowest BCUT2D eigenvalue weighted by Crippen LogP contribution is -2.57. The minimum atomic E-state index is -0.952. The van der Waals surface area contributed by atoms with Gasteiger partial charge >= 0.3 is 5.97 Å². The van der Waals surface area contributed by atoms with Gasteiger partial charge in [-0.15, -0.1) is 0 Å². The van der Waals surface area contributed by atoms with Crippen LogP contribution in [0.15, 0.2) is 18.2 Å². The zero-order chi connectivity index (χ0) is 15.5. The number of halogens is 1. The van der Waals surface area contributed by atoms with Crippen molar-refractivity contribution in [1.29, 1.82) is 0 Å². The third-order valence-corrected chi connectivity index (χ3v) is 4.16. The molecule has 1 saturated heterocycles. The lowest BCUT2D eigenvalue weighted by molar-refractivity contribution is -0.158. The molecule has 0 amide bonds. The number of carbonyl (C=O) groups is 1. The van der Waals surface area contributed by atoms with Crippen molar-refractivity contribution in [3.8, 4) is 0 Å². The van der Waals surface area contributed by atoms with E-state index in [1.54, 1.807) is 19.9 Å². The lowest BCUT2D eigenvalue weighted by Gasteiger charge is -2.41. The summed E-state index contributed by atoms with van der Waals surface area (Å²) >= 11 is 0. The number of rotatable bonds is 4. The number of hydrogen-bond acceptors (Lipinski definition) is 4. The van der Waals surface area contributed by atoms with Crippen LogP contribution in [0.4, 0.5) is 4.39 Å². The van der Waals surface area contributed by atoms with Gasteiger partial charge in [-0.25, -0.2) is 9.18 Å². The van der Waals surface area contributed by atoms with Crippen LogP contribution in [0.1, 0.15) is 25.0 Å². The molecule has 0 aliphatic carbocycles. The number of nitrogens with zero attached hydrogens (tertiary/aromatic N) is 1. The standard InChI is InChI=1S/C16H23FN2O2/c1-4-21-15(20)16(3,19-9-7-18-8-10-19)13-6-5-12(2)14(17)11-13/h5-6,11,18H,4,7-10H2,1-3H3. The molecule has 21 heavy (non-hydrogen) atoms. The molecule has 0 saturated carbocycles. The Labute approximate surface area is 125 Å². The zero-order valence-corrected chi connectivity index (χ0v) is 12.9. The summed E-state index contributed by atoms with van der Waals surface area (Å²) in [7, 11) is 0. The molecule has 1 unspecified atom stereocenters. The first-order valence-electron chi connectivity index (χ1n) is 7.39. The van der Waals surface area contributed by atoms with Gasteiger partial charge in [0, 0.05) is 26.2 Å². The number of esters is 1. The van der Waals surface area contributed by atoms with Gasteiger partial charge in [-0.1, -0.05) is 12.1 Å². The fraction of sp³-hybridized carbons (Fsp3) is 0.562. The number of hydrogen-bond donors (Lipinski definition) is 1. The van der Waals surface area contributed by atoms with Crippen LogP contribution in [0.25, 0.3) is 0 Å². The van der Waals surface area contributed by atoms with Gasteiger partial charge < -0.3 is 10.1 Å². The maximum Gasteiger partial charge on any atom is 0.330 e. The van der Waals surface area contributed by atoms with Gasteiger partial charge in [0.05, 0.1) is 6.61 Å². The summed E-state index contributed by atoms with van der Waals surface area (Å²) in [6.45, 7) is 8.70. The highest BCUT2D eigenvalue weighted by Crippen LogP contribution is 2.31.